The summed E-state index contributed by atoms with van der Waals surface area (Å²) in [5.74, 6) is -2.70. The lowest BCUT2D eigenvalue weighted by Gasteiger charge is -2.57. The van der Waals surface area contributed by atoms with E-state index >= 15 is 0 Å². The quantitative estimate of drug-likeness (QED) is 0.361. The summed E-state index contributed by atoms with van der Waals surface area (Å²) in [5, 5.41) is 21.8. The number of ether oxygens (including phenoxy) is 1. The molecule has 0 aromatic heterocycles. The predicted octanol–water partition coefficient (Wildman–Crippen LogP) is 2.55. The van der Waals surface area contributed by atoms with Crippen LogP contribution in [0, 0.1) is 34.5 Å². The van der Waals surface area contributed by atoms with Gasteiger partial charge in [-0.1, -0.05) is 19.4 Å². The van der Waals surface area contributed by atoms with Crippen LogP contribution >= 0.6 is 0 Å². The third kappa shape index (κ3) is 3.97. The first-order chi connectivity index (χ1) is 16.1. The standard InChI is InChI=1S/C25H34O9S/c1-14-10-19-17-5-4-15-11-16(26)12-20(27)24(15,3)18(17)6-8-23(19,2)25(14,30)21(28)13-34-22(29)7-9-35(31,32)33/h11-12,14,17-19,26,30H,4-10,13H2,1-3H3,(H,31,32,33)/t14?,17-,18+,19+,23+,24+,25+/m1/s1. The maximum atomic E-state index is 13.3. The molecule has 0 radical (unpaired) electrons. The summed E-state index contributed by atoms with van der Waals surface area (Å²) in [6, 6.07) is 0. The molecule has 1 unspecified atom stereocenters. The monoisotopic (exact) mass is 510 g/mol. The van der Waals surface area contributed by atoms with Gasteiger partial charge in [0.2, 0.25) is 5.78 Å². The minimum Gasteiger partial charge on any atom is -0.508 e. The molecule has 4 rings (SSSR count). The number of aliphatic hydroxyl groups is 2. The molecule has 3 saturated carbocycles. The summed E-state index contributed by atoms with van der Waals surface area (Å²) in [4.78, 5) is 38.2. The molecular weight excluding hydrogens is 476 g/mol. The van der Waals surface area contributed by atoms with Crippen molar-refractivity contribution in [2.45, 2.75) is 64.9 Å². The van der Waals surface area contributed by atoms with E-state index in [9.17, 15) is 33.0 Å². The fraction of sp³-hybridized carbons (Fsp3) is 0.720. The van der Waals surface area contributed by atoms with Crippen molar-refractivity contribution in [3.05, 3.63) is 23.5 Å². The van der Waals surface area contributed by atoms with E-state index in [0.717, 1.165) is 12.0 Å². The summed E-state index contributed by atoms with van der Waals surface area (Å²) >= 11 is 0. The van der Waals surface area contributed by atoms with Gasteiger partial charge in [0, 0.05) is 11.5 Å². The van der Waals surface area contributed by atoms with E-state index in [4.69, 9.17) is 9.29 Å². The summed E-state index contributed by atoms with van der Waals surface area (Å²) in [6.45, 7) is 5.01. The van der Waals surface area contributed by atoms with Crippen LogP contribution in [0.4, 0.5) is 0 Å². The predicted molar refractivity (Wildman–Crippen MR) is 125 cm³/mol. The number of carbonyl (C=O) groups excluding carboxylic acids is 3. The summed E-state index contributed by atoms with van der Waals surface area (Å²) < 4.78 is 35.4. The average Bonchev–Trinajstić information content (AvgIpc) is 2.98. The second-order valence-electron chi connectivity index (χ2n) is 11.2. The molecule has 9 nitrogen and oxygen atoms in total. The number of rotatable bonds is 6. The minimum absolute atomic E-state index is 0.00823. The first kappa shape index (κ1) is 26.0. The van der Waals surface area contributed by atoms with Crippen molar-refractivity contribution in [3.8, 4) is 0 Å². The van der Waals surface area contributed by atoms with Gasteiger partial charge in [-0.15, -0.1) is 0 Å². The van der Waals surface area contributed by atoms with E-state index in [1.165, 1.54) is 6.08 Å². The fourth-order valence-electron chi connectivity index (χ4n) is 7.77. The third-order valence-electron chi connectivity index (χ3n) is 9.64. The number of aliphatic hydroxyl groups excluding tert-OH is 1. The van der Waals surface area contributed by atoms with Crippen molar-refractivity contribution in [1.29, 1.82) is 0 Å². The van der Waals surface area contributed by atoms with Gasteiger partial charge in [-0.3, -0.25) is 18.9 Å². The van der Waals surface area contributed by atoms with Crippen LogP contribution in [0.15, 0.2) is 23.5 Å². The topological polar surface area (TPSA) is 155 Å². The van der Waals surface area contributed by atoms with E-state index in [-0.39, 0.29) is 29.3 Å². The molecule has 4 aliphatic carbocycles. The van der Waals surface area contributed by atoms with Gasteiger partial charge in [-0.2, -0.15) is 8.42 Å². The van der Waals surface area contributed by atoms with Crippen LogP contribution in [0.2, 0.25) is 0 Å². The number of hydrogen-bond donors (Lipinski definition) is 3. The van der Waals surface area contributed by atoms with Crippen LogP contribution < -0.4 is 0 Å². The summed E-state index contributed by atoms with van der Waals surface area (Å²) in [7, 11) is -4.33. The van der Waals surface area contributed by atoms with Gasteiger partial charge in [0.15, 0.2) is 12.4 Å². The Morgan fingerprint density at radius 1 is 1.17 bits per heavy atom. The molecule has 0 heterocycles. The van der Waals surface area contributed by atoms with Crippen LogP contribution in [0.5, 0.6) is 0 Å². The number of allylic oxidation sites excluding steroid dienone is 3. The van der Waals surface area contributed by atoms with Crippen molar-refractivity contribution in [2.24, 2.45) is 34.5 Å². The molecule has 194 valence electrons. The summed E-state index contributed by atoms with van der Waals surface area (Å²) in [5.41, 5.74) is -2.25. The Morgan fingerprint density at radius 3 is 2.51 bits per heavy atom. The number of esters is 1. The van der Waals surface area contributed by atoms with E-state index in [0.29, 0.717) is 25.7 Å². The highest BCUT2D eigenvalue weighted by atomic mass is 32.2. The Hall–Kier alpha value is -2.04. The van der Waals surface area contributed by atoms with Gasteiger partial charge < -0.3 is 14.9 Å². The highest BCUT2D eigenvalue weighted by Gasteiger charge is 2.69. The van der Waals surface area contributed by atoms with Gasteiger partial charge in [0.25, 0.3) is 10.1 Å². The van der Waals surface area contributed by atoms with Crippen LogP contribution in [0.1, 0.15) is 59.3 Å². The molecule has 35 heavy (non-hydrogen) atoms. The van der Waals surface area contributed by atoms with Crippen molar-refractivity contribution in [1.82, 2.24) is 0 Å². The number of Topliss-reactive ketones (excluding diaryl/α,β-unsaturated/α-hetero) is 1. The molecule has 0 amide bonds. The molecule has 0 aliphatic heterocycles. The second kappa shape index (κ2) is 8.52. The van der Waals surface area contributed by atoms with Gasteiger partial charge >= 0.3 is 5.97 Å². The van der Waals surface area contributed by atoms with E-state index in [1.807, 2.05) is 20.8 Å². The number of hydrogen-bond acceptors (Lipinski definition) is 8. The molecule has 0 aromatic rings. The Kier molecular flexibility index (Phi) is 6.34. The molecule has 0 bridgehead atoms. The molecule has 4 aliphatic rings. The normalized spacial score (nSPS) is 40.7. The van der Waals surface area contributed by atoms with Gasteiger partial charge in [-0.05, 0) is 68.8 Å². The van der Waals surface area contributed by atoms with Gasteiger partial charge in [0.05, 0.1) is 17.6 Å². The Morgan fingerprint density at radius 2 is 1.86 bits per heavy atom. The molecule has 3 N–H and O–H groups in total. The first-order valence-corrected chi connectivity index (χ1v) is 13.8. The second-order valence-corrected chi connectivity index (χ2v) is 12.8. The van der Waals surface area contributed by atoms with E-state index < -0.39 is 63.0 Å². The molecule has 10 heteroatoms. The SMILES string of the molecule is CC1C[C@H]2[C@@H]3CCC4=CC(O)=CC(=O)[C@]4(C)[C@H]3CC[C@]2(C)[C@@]1(O)C(=O)COC(=O)CCS(=O)(=O)O. The smallest absolute Gasteiger partial charge is 0.307 e. The molecule has 0 spiro atoms. The largest absolute Gasteiger partial charge is 0.508 e. The highest BCUT2D eigenvalue weighted by Crippen LogP contribution is 2.68. The zero-order valence-electron chi connectivity index (χ0n) is 20.3. The average molecular weight is 511 g/mol. The zero-order chi connectivity index (χ0) is 26.0. The highest BCUT2D eigenvalue weighted by molar-refractivity contribution is 7.85. The van der Waals surface area contributed by atoms with Gasteiger partial charge in [0.1, 0.15) is 11.4 Å². The van der Waals surface area contributed by atoms with Crippen molar-refractivity contribution in [2.75, 3.05) is 12.4 Å². The number of carbonyl (C=O) groups is 3. The van der Waals surface area contributed by atoms with Crippen molar-refractivity contribution >= 4 is 27.7 Å². The molecule has 7 atom stereocenters. The molecule has 0 aromatic carbocycles. The lowest BCUT2D eigenvalue weighted by molar-refractivity contribution is -0.175. The maximum absolute atomic E-state index is 13.3. The molecule has 0 saturated heterocycles. The maximum Gasteiger partial charge on any atom is 0.307 e. The lowest BCUT2D eigenvalue weighted by Crippen LogP contribution is -2.60. The summed E-state index contributed by atoms with van der Waals surface area (Å²) in [6.07, 6.45) is 5.65. The van der Waals surface area contributed by atoms with Crippen LogP contribution in [0.3, 0.4) is 0 Å². The molecular formula is C25H34O9S. The van der Waals surface area contributed by atoms with Crippen LogP contribution in [-0.2, 0) is 29.2 Å². The van der Waals surface area contributed by atoms with Crippen LogP contribution in [-0.4, -0.2) is 58.7 Å². The van der Waals surface area contributed by atoms with Crippen LogP contribution in [0.25, 0.3) is 0 Å². The van der Waals surface area contributed by atoms with Crippen molar-refractivity contribution in [3.63, 3.8) is 0 Å². The fourth-order valence-corrected chi connectivity index (χ4v) is 8.20. The minimum atomic E-state index is -4.33. The zero-order valence-corrected chi connectivity index (χ0v) is 21.1. The van der Waals surface area contributed by atoms with Crippen molar-refractivity contribution < 1.29 is 42.3 Å². The number of fused-ring (bicyclic) bond motifs is 5. The van der Waals surface area contributed by atoms with Gasteiger partial charge in [-0.25, -0.2) is 0 Å². The Bertz CT molecular complexity index is 1120. The Balaban J connectivity index is 1.54. The lowest BCUT2D eigenvalue weighted by atomic mass is 9.46. The van der Waals surface area contributed by atoms with E-state index in [1.54, 1.807) is 6.08 Å². The Labute approximate surface area is 205 Å². The number of ketones is 2. The first-order valence-electron chi connectivity index (χ1n) is 12.2. The third-order valence-corrected chi connectivity index (χ3v) is 10.4. The molecule has 3 fully saturated rings. The van der Waals surface area contributed by atoms with E-state index in [2.05, 4.69) is 0 Å².